The van der Waals surface area contributed by atoms with Gasteiger partial charge in [0.25, 0.3) is 0 Å². The van der Waals surface area contributed by atoms with Crippen LogP contribution in [0.15, 0.2) is 72.8 Å². The van der Waals surface area contributed by atoms with Crippen LogP contribution < -0.4 is 0 Å². The number of benzene rings is 4. The van der Waals surface area contributed by atoms with Crippen molar-refractivity contribution in [1.29, 1.82) is 21.0 Å². The first-order chi connectivity index (χ1) is 16.7. The molecule has 0 spiro atoms. The predicted octanol–water partition coefficient (Wildman–Crippen LogP) is 6.14. The van der Waals surface area contributed by atoms with Gasteiger partial charge in [0.1, 0.15) is 0 Å². The van der Waals surface area contributed by atoms with Gasteiger partial charge in [-0.3, -0.25) is 0 Å². The maximum atomic E-state index is 10.7. The first-order valence-electron chi connectivity index (χ1n) is 11.4. The minimum Gasteiger partial charge on any atom is -0.196 e. The topological polar surface area (TPSA) is 95.2 Å². The van der Waals surface area contributed by atoms with Gasteiger partial charge in [0.15, 0.2) is 10.8 Å². The number of fused-ring (bicyclic) bond motifs is 7. The van der Waals surface area contributed by atoms with Crippen molar-refractivity contribution in [3.63, 3.8) is 0 Å². The van der Waals surface area contributed by atoms with Crippen LogP contribution in [0, 0.1) is 56.2 Å². The molecule has 0 saturated heterocycles. The van der Waals surface area contributed by atoms with Crippen LogP contribution in [-0.2, 0) is 0 Å². The zero-order chi connectivity index (χ0) is 23.2. The molecule has 0 bridgehead atoms. The van der Waals surface area contributed by atoms with Gasteiger partial charge in [-0.1, -0.05) is 72.8 Å². The van der Waals surface area contributed by atoms with Crippen LogP contribution in [0.5, 0.6) is 0 Å². The van der Waals surface area contributed by atoms with E-state index in [-0.39, 0.29) is 11.8 Å². The molecule has 4 aromatic carbocycles. The summed E-state index contributed by atoms with van der Waals surface area (Å²) in [5, 5.41) is 46.9. The van der Waals surface area contributed by atoms with Gasteiger partial charge in [-0.05, 0) is 43.8 Å². The molecule has 3 aliphatic rings. The minimum absolute atomic E-state index is 0.182. The summed E-state index contributed by atoms with van der Waals surface area (Å²) in [7, 11) is 0. The molecule has 4 heteroatoms. The highest BCUT2D eigenvalue weighted by Crippen LogP contribution is 2.76. The van der Waals surface area contributed by atoms with Crippen molar-refractivity contribution in [2.24, 2.45) is 10.8 Å². The second kappa shape index (κ2) is 6.02. The van der Waals surface area contributed by atoms with Gasteiger partial charge in [0.2, 0.25) is 0 Å². The molecule has 0 heterocycles. The first-order valence-corrected chi connectivity index (χ1v) is 11.4. The van der Waals surface area contributed by atoms with Crippen molar-refractivity contribution >= 4 is 21.5 Å². The zero-order valence-electron chi connectivity index (χ0n) is 18.0. The van der Waals surface area contributed by atoms with Crippen LogP contribution in [0.1, 0.15) is 45.9 Å². The Morgan fingerprint density at radius 1 is 0.471 bits per heavy atom. The van der Waals surface area contributed by atoms with E-state index in [4.69, 9.17) is 0 Å². The van der Waals surface area contributed by atoms with E-state index in [1.807, 2.05) is 60.7 Å². The third-order valence-corrected chi connectivity index (χ3v) is 8.69. The largest absolute Gasteiger partial charge is 0.196 e. The lowest BCUT2D eigenvalue weighted by atomic mass is 9.43. The highest BCUT2D eigenvalue weighted by Gasteiger charge is 2.73. The summed E-state index contributed by atoms with van der Waals surface area (Å²) in [6.07, 6.45) is 0. The predicted molar refractivity (Wildman–Crippen MR) is 126 cm³/mol. The van der Waals surface area contributed by atoms with E-state index in [1.54, 1.807) is 0 Å². The fourth-order valence-corrected chi connectivity index (χ4v) is 7.60. The molecule has 7 rings (SSSR count). The van der Waals surface area contributed by atoms with Crippen LogP contribution in [0.4, 0.5) is 0 Å². The van der Waals surface area contributed by atoms with E-state index in [1.165, 1.54) is 0 Å². The molecule has 0 aromatic heterocycles. The Kier molecular flexibility index (Phi) is 3.35. The molecule has 1 fully saturated rings. The summed E-state index contributed by atoms with van der Waals surface area (Å²) >= 11 is 0. The molecule has 0 amide bonds. The monoisotopic (exact) mass is 432 g/mol. The van der Waals surface area contributed by atoms with Gasteiger partial charge in [-0.15, -0.1) is 0 Å². The summed E-state index contributed by atoms with van der Waals surface area (Å²) < 4.78 is 0. The van der Waals surface area contributed by atoms with E-state index >= 15 is 0 Å². The molecule has 0 radical (unpaired) electrons. The SMILES string of the molecule is N#CC1(C#N)[C@@H]2c3cccc4cccc(c34)[C@H]2[C@@H]2c3cccc4cccc(c34)[C@@H]2C1(C#N)C#N. The van der Waals surface area contributed by atoms with Crippen LogP contribution in [0.3, 0.4) is 0 Å². The number of hydrogen-bond acceptors (Lipinski definition) is 4. The third-order valence-electron chi connectivity index (χ3n) is 8.69. The van der Waals surface area contributed by atoms with Crippen molar-refractivity contribution in [1.82, 2.24) is 0 Å². The molecule has 34 heavy (non-hydrogen) atoms. The average Bonchev–Trinajstić information content (AvgIpc) is 3.40. The molecular weight excluding hydrogens is 416 g/mol. The number of hydrogen-bond donors (Lipinski definition) is 0. The van der Waals surface area contributed by atoms with E-state index in [2.05, 4.69) is 36.4 Å². The molecule has 1 saturated carbocycles. The lowest BCUT2D eigenvalue weighted by Crippen LogP contribution is -2.53. The van der Waals surface area contributed by atoms with Crippen molar-refractivity contribution in [3.8, 4) is 24.3 Å². The lowest BCUT2D eigenvalue weighted by molar-refractivity contribution is 0.107. The van der Waals surface area contributed by atoms with E-state index in [9.17, 15) is 21.0 Å². The van der Waals surface area contributed by atoms with Crippen molar-refractivity contribution in [2.45, 2.75) is 23.7 Å². The van der Waals surface area contributed by atoms with Crippen LogP contribution in [0.2, 0.25) is 0 Å². The summed E-state index contributed by atoms with van der Waals surface area (Å²) in [6.45, 7) is 0. The number of nitriles is 4. The average molecular weight is 432 g/mol. The third kappa shape index (κ3) is 1.75. The number of nitrogens with zero attached hydrogens (tertiary/aromatic N) is 4. The van der Waals surface area contributed by atoms with Gasteiger partial charge in [0, 0.05) is 23.7 Å². The van der Waals surface area contributed by atoms with E-state index < -0.39 is 22.7 Å². The Labute approximate surface area is 196 Å². The molecule has 0 N–H and O–H groups in total. The summed E-state index contributed by atoms with van der Waals surface area (Å²) in [6, 6.07) is 33.4. The standard InChI is InChI=1S/C30H16N4/c31-13-29(14-32)27-21-11-3-7-17-5-1-9-19(23(17)21)25(27)26-20-10-2-6-18-8-4-12-22(24(18)20)28(26)30(29,15-33)16-34/h1-12,25-28H/t25-,26-,27-,28+/m0/s1. The van der Waals surface area contributed by atoms with Gasteiger partial charge >= 0.3 is 0 Å². The maximum absolute atomic E-state index is 10.7. The summed E-state index contributed by atoms with van der Waals surface area (Å²) in [4.78, 5) is 0. The zero-order valence-corrected chi connectivity index (χ0v) is 18.0. The molecule has 156 valence electrons. The van der Waals surface area contributed by atoms with Crippen LogP contribution in [0.25, 0.3) is 21.5 Å². The van der Waals surface area contributed by atoms with Crippen LogP contribution in [-0.4, -0.2) is 0 Å². The van der Waals surface area contributed by atoms with E-state index in [0.717, 1.165) is 43.8 Å². The highest BCUT2D eigenvalue weighted by atomic mass is 14.7. The van der Waals surface area contributed by atoms with Crippen LogP contribution >= 0.6 is 0 Å². The Bertz CT molecular complexity index is 1580. The second-order valence-electron chi connectivity index (χ2n) is 9.66. The second-order valence-corrected chi connectivity index (χ2v) is 9.66. The quantitative estimate of drug-likeness (QED) is 0.334. The Hall–Kier alpha value is -4.64. The molecular formula is C30H16N4. The van der Waals surface area contributed by atoms with Crippen molar-refractivity contribution in [3.05, 3.63) is 95.1 Å². The minimum atomic E-state index is -1.82. The molecule has 4 atom stereocenters. The molecule has 0 unspecified atom stereocenters. The summed E-state index contributed by atoms with van der Waals surface area (Å²) in [5.74, 6) is -1.51. The van der Waals surface area contributed by atoms with Crippen molar-refractivity contribution < 1.29 is 0 Å². The molecule has 4 aromatic rings. The fourth-order valence-electron chi connectivity index (χ4n) is 7.60. The Morgan fingerprint density at radius 3 is 1.12 bits per heavy atom. The first kappa shape index (κ1) is 18.9. The lowest BCUT2D eigenvalue weighted by Gasteiger charge is -2.51. The molecule has 0 aliphatic heterocycles. The fraction of sp³-hybridized carbons (Fsp3) is 0.200. The van der Waals surface area contributed by atoms with E-state index in [0.29, 0.717) is 0 Å². The Balaban J connectivity index is 1.70. The maximum Gasteiger partial charge on any atom is 0.183 e. The number of rotatable bonds is 0. The van der Waals surface area contributed by atoms with Gasteiger partial charge in [0.05, 0.1) is 24.3 Å². The van der Waals surface area contributed by atoms with Gasteiger partial charge in [-0.25, -0.2) is 0 Å². The van der Waals surface area contributed by atoms with Gasteiger partial charge < -0.3 is 0 Å². The van der Waals surface area contributed by atoms with Gasteiger partial charge in [-0.2, -0.15) is 21.0 Å². The highest BCUT2D eigenvalue weighted by molar-refractivity contribution is 5.96. The molecule has 3 aliphatic carbocycles. The molecule has 4 nitrogen and oxygen atoms in total. The summed E-state index contributed by atoms with van der Waals surface area (Å²) in [5.41, 5.74) is 0.379. The Morgan fingerprint density at radius 2 is 0.794 bits per heavy atom. The normalized spacial score (nSPS) is 26.0. The van der Waals surface area contributed by atoms with Crippen molar-refractivity contribution in [2.75, 3.05) is 0 Å². The smallest absolute Gasteiger partial charge is 0.183 e.